The van der Waals surface area contributed by atoms with E-state index >= 15 is 0 Å². The van der Waals surface area contributed by atoms with Gasteiger partial charge in [-0.25, -0.2) is 12.4 Å². The molecule has 0 aliphatic carbocycles. The van der Waals surface area contributed by atoms with Gasteiger partial charge < -0.3 is 4.74 Å². The number of carbonyl (C=O) groups is 1. The van der Waals surface area contributed by atoms with Crippen LogP contribution in [-0.4, -0.2) is 18.4 Å². The van der Waals surface area contributed by atoms with E-state index in [2.05, 4.69) is 15.9 Å². The molecule has 1 aromatic heterocycles. The lowest BCUT2D eigenvalue weighted by molar-refractivity contribution is -0.131. The first kappa shape index (κ1) is 15.8. The van der Waals surface area contributed by atoms with Crippen molar-refractivity contribution in [2.24, 2.45) is 0 Å². The van der Waals surface area contributed by atoms with E-state index in [0.29, 0.717) is 10.9 Å². The molecule has 2 aromatic carbocycles. The van der Waals surface area contributed by atoms with Crippen LogP contribution in [-0.2, 0) is 14.8 Å². The minimum Gasteiger partial charge on any atom is -0.424 e. The Hall–Kier alpha value is -2.12. The number of rotatable bonds is 3. The molecule has 0 fully saturated rings. The fourth-order valence-electron chi connectivity index (χ4n) is 2.28. The summed E-state index contributed by atoms with van der Waals surface area (Å²) in [5.41, 5.74) is 0.438. The fourth-order valence-corrected chi connectivity index (χ4v) is 4.03. The molecule has 5 nitrogen and oxygen atoms in total. The highest BCUT2D eigenvalue weighted by Crippen LogP contribution is 2.33. The summed E-state index contributed by atoms with van der Waals surface area (Å²) in [7, 11) is -3.78. The summed E-state index contributed by atoms with van der Waals surface area (Å²) in [5, 5.41) is 0.536. The summed E-state index contributed by atoms with van der Waals surface area (Å²) in [5.74, 6) is -0.311. The lowest BCUT2D eigenvalue weighted by Crippen LogP contribution is -2.11. The van der Waals surface area contributed by atoms with E-state index in [0.717, 1.165) is 8.45 Å². The Kier molecular flexibility index (Phi) is 3.99. The Bertz CT molecular complexity index is 994. The lowest BCUT2D eigenvalue weighted by atomic mass is 10.2. The van der Waals surface area contributed by atoms with E-state index in [-0.39, 0.29) is 10.6 Å². The van der Waals surface area contributed by atoms with Crippen LogP contribution in [0.25, 0.3) is 10.9 Å². The molecule has 118 valence electrons. The molecule has 0 radical (unpaired) electrons. The van der Waals surface area contributed by atoms with Crippen molar-refractivity contribution in [2.45, 2.75) is 11.8 Å². The number of carbonyl (C=O) groups excluding carboxylic acids is 1. The summed E-state index contributed by atoms with van der Waals surface area (Å²) in [4.78, 5) is 11.4. The summed E-state index contributed by atoms with van der Waals surface area (Å²) >= 11 is 3.34. The number of hydrogen-bond acceptors (Lipinski definition) is 4. The van der Waals surface area contributed by atoms with Gasteiger partial charge in [-0.1, -0.05) is 34.1 Å². The number of aromatic nitrogens is 1. The molecule has 0 unspecified atom stereocenters. The van der Waals surface area contributed by atoms with Crippen LogP contribution in [0.15, 0.2) is 64.1 Å². The zero-order chi connectivity index (χ0) is 16.6. The third-order valence-electron chi connectivity index (χ3n) is 3.25. The molecular weight excluding hydrogens is 382 g/mol. The Labute approximate surface area is 141 Å². The van der Waals surface area contributed by atoms with Crippen LogP contribution >= 0.6 is 15.9 Å². The Morgan fingerprint density at radius 3 is 2.48 bits per heavy atom. The molecule has 0 atom stereocenters. The van der Waals surface area contributed by atoms with E-state index in [9.17, 15) is 13.2 Å². The van der Waals surface area contributed by atoms with Gasteiger partial charge in [0, 0.05) is 16.8 Å². The summed E-state index contributed by atoms with van der Waals surface area (Å²) in [6, 6.07) is 13.2. The van der Waals surface area contributed by atoms with Crippen molar-refractivity contribution in [1.82, 2.24) is 3.97 Å². The molecule has 0 spiro atoms. The topological polar surface area (TPSA) is 65.4 Å². The normalized spacial score (nSPS) is 11.6. The monoisotopic (exact) mass is 393 g/mol. The number of fused-ring (bicyclic) bond motifs is 1. The van der Waals surface area contributed by atoms with Gasteiger partial charge in [0.25, 0.3) is 10.0 Å². The molecule has 0 saturated heterocycles. The Morgan fingerprint density at radius 2 is 1.83 bits per heavy atom. The van der Waals surface area contributed by atoms with Crippen LogP contribution in [0.2, 0.25) is 0 Å². The number of ether oxygens (including phenoxy) is 1. The largest absolute Gasteiger partial charge is 0.424 e. The molecule has 0 aliphatic heterocycles. The number of halogens is 1. The predicted molar refractivity (Wildman–Crippen MR) is 90.0 cm³/mol. The first-order chi connectivity index (χ1) is 10.9. The minimum atomic E-state index is -3.78. The van der Waals surface area contributed by atoms with Gasteiger partial charge in [0.15, 0.2) is 5.75 Å². The summed E-state index contributed by atoms with van der Waals surface area (Å²) in [6.07, 6.45) is 1.32. The molecule has 7 heteroatoms. The van der Waals surface area contributed by atoms with Gasteiger partial charge in [0.1, 0.15) is 0 Å². The van der Waals surface area contributed by atoms with Crippen molar-refractivity contribution < 1.29 is 17.9 Å². The van der Waals surface area contributed by atoms with Crippen LogP contribution in [0.5, 0.6) is 5.75 Å². The quantitative estimate of drug-likeness (QED) is 0.638. The minimum absolute atomic E-state index is 0.161. The molecule has 0 amide bonds. The standard InChI is InChI=1S/C16H12BrNO4S/c1-11(19)22-16-10-18(15-8-7-12(17)9-14(15)16)23(20,21)13-5-3-2-4-6-13/h2-10H,1H3. The van der Waals surface area contributed by atoms with Crippen molar-refractivity contribution in [3.63, 3.8) is 0 Å². The zero-order valence-corrected chi connectivity index (χ0v) is 14.5. The van der Waals surface area contributed by atoms with E-state index in [1.807, 2.05) is 0 Å². The average molecular weight is 394 g/mol. The van der Waals surface area contributed by atoms with Crippen molar-refractivity contribution >= 4 is 42.8 Å². The number of benzene rings is 2. The highest BCUT2D eigenvalue weighted by atomic mass is 79.9. The molecule has 0 aliphatic rings. The first-order valence-electron chi connectivity index (χ1n) is 6.69. The molecule has 0 bridgehead atoms. The van der Waals surface area contributed by atoms with Crippen LogP contribution in [0.1, 0.15) is 6.92 Å². The fraction of sp³-hybridized carbons (Fsp3) is 0.0625. The average Bonchev–Trinajstić information content (AvgIpc) is 2.86. The predicted octanol–water partition coefficient (Wildman–Crippen LogP) is 3.57. The zero-order valence-electron chi connectivity index (χ0n) is 12.1. The van der Waals surface area contributed by atoms with Crippen molar-refractivity contribution in [1.29, 1.82) is 0 Å². The van der Waals surface area contributed by atoms with E-state index in [4.69, 9.17) is 4.74 Å². The second kappa shape index (κ2) is 5.82. The van der Waals surface area contributed by atoms with E-state index < -0.39 is 16.0 Å². The van der Waals surface area contributed by atoms with E-state index in [1.165, 1.54) is 25.3 Å². The Morgan fingerprint density at radius 1 is 1.13 bits per heavy atom. The molecule has 3 rings (SSSR count). The van der Waals surface area contributed by atoms with Gasteiger partial charge in [-0.3, -0.25) is 4.79 Å². The van der Waals surface area contributed by atoms with Gasteiger partial charge >= 0.3 is 5.97 Å². The van der Waals surface area contributed by atoms with Crippen LogP contribution < -0.4 is 4.74 Å². The molecule has 0 N–H and O–H groups in total. The van der Waals surface area contributed by atoms with Crippen LogP contribution in [0.4, 0.5) is 0 Å². The number of esters is 1. The molecular formula is C16H12BrNO4S. The molecule has 1 heterocycles. The SMILES string of the molecule is CC(=O)Oc1cn(S(=O)(=O)c2ccccc2)c2ccc(Br)cc12. The highest BCUT2D eigenvalue weighted by molar-refractivity contribution is 9.10. The lowest BCUT2D eigenvalue weighted by Gasteiger charge is -2.07. The van der Waals surface area contributed by atoms with Crippen molar-refractivity contribution in [3.05, 3.63) is 59.2 Å². The van der Waals surface area contributed by atoms with Crippen molar-refractivity contribution in [2.75, 3.05) is 0 Å². The maximum atomic E-state index is 12.8. The van der Waals surface area contributed by atoms with Crippen molar-refractivity contribution in [3.8, 4) is 5.75 Å². The van der Waals surface area contributed by atoms with Gasteiger partial charge in [0.2, 0.25) is 0 Å². The second-order valence-electron chi connectivity index (χ2n) is 4.86. The van der Waals surface area contributed by atoms with Crippen LogP contribution in [0.3, 0.4) is 0 Å². The molecule has 0 saturated carbocycles. The molecule has 23 heavy (non-hydrogen) atoms. The van der Waals surface area contributed by atoms with Crippen LogP contribution in [0, 0.1) is 0 Å². The summed E-state index contributed by atoms with van der Waals surface area (Å²) in [6.45, 7) is 1.27. The van der Waals surface area contributed by atoms with E-state index in [1.54, 1.807) is 36.4 Å². The van der Waals surface area contributed by atoms with Gasteiger partial charge in [-0.15, -0.1) is 0 Å². The maximum Gasteiger partial charge on any atom is 0.308 e. The summed E-state index contributed by atoms with van der Waals surface area (Å²) < 4.78 is 32.7. The third-order valence-corrected chi connectivity index (χ3v) is 5.43. The van der Waals surface area contributed by atoms with Gasteiger partial charge in [-0.2, -0.15) is 0 Å². The third kappa shape index (κ3) is 2.89. The molecule has 3 aromatic rings. The smallest absolute Gasteiger partial charge is 0.308 e. The van der Waals surface area contributed by atoms with Gasteiger partial charge in [-0.05, 0) is 30.3 Å². The Balaban J connectivity index is 2.28. The second-order valence-corrected chi connectivity index (χ2v) is 7.59. The number of hydrogen-bond donors (Lipinski definition) is 0. The van der Waals surface area contributed by atoms with Gasteiger partial charge in [0.05, 0.1) is 16.6 Å². The number of nitrogens with zero attached hydrogens (tertiary/aromatic N) is 1. The maximum absolute atomic E-state index is 12.8. The highest BCUT2D eigenvalue weighted by Gasteiger charge is 2.22. The first-order valence-corrected chi connectivity index (χ1v) is 8.92.